The van der Waals surface area contributed by atoms with Gasteiger partial charge in [0, 0.05) is 18.6 Å². The Hall–Kier alpha value is -2.23. The van der Waals surface area contributed by atoms with Crippen molar-refractivity contribution in [1.82, 2.24) is 9.97 Å². The average Bonchev–Trinajstić information content (AvgIpc) is 2.38. The molecule has 0 radical (unpaired) electrons. The molecule has 2 rings (SSSR count). The monoisotopic (exact) mass is 214 g/mol. The number of nitrogens with zero attached hydrogens (tertiary/aromatic N) is 2. The van der Waals surface area contributed by atoms with Crippen LogP contribution in [0.15, 0.2) is 48.9 Å². The molecule has 4 nitrogen and oxygen atoms in total. The summed E-state index contributed by atoms with van der Waals surface area (Å²) in [7, 11) is 0. The zero-order valence-electron chi connectivity index (χ0n) is 8.54. The first-order valence-electron chi connectivity index (χ1n) is 4.83. The van der Waals surface area contributed by atoms with Crippen LogP contribution in [0.2, 0.25) is 0 Å². The van der Waals surface area contributed by atoms with Crippen molar-refractivity contribution >= 4 is 5.97 Å². The second-order valence-corrected chi connectivity index (χ2v) is 3.14. The van der Waals surface area contributed by atoms with E-state index >= 15 is 0 Å². The molecule has 0 saturated heterocycles. The van der Waals surface area contributed by atoms with E-state index in [9.17, 15) is 4.79 Å². The Balaban J connectivity index is 1.95. The van der Waals surface area contributed by atoms with Gasteiger partial charge in [0.2, 0.25) is 0 Å². The van der Waals surface area contributed by atoms with Crippen LogP contribution < -0.4 is 0 Å². The summed E-state index contributed by atoms with van der Waals surface area (Å²) < 4.78 is 5.07. The van der Waals surface area contributed by atoms with Crippen LogP contribution in [0.4, 0.5) is 0 Å². The minimum atomic E-state index is -0.390. The second kappa shape index (κ2) is 5.02. The molecule has 0 fully saturated rings. The Labute approximate surface area is 92.9 Å². The van der Waals surface area contributed by atoms with Crippen molar-refractivity contribution in [3.8, 4) is 0 Å². The number of pyridine rings is 2. The Bertz CT molecular complexity index is 457. The predicted octanol–water partition coefficient (Wildman–Crippen LogP) is 1.83. The van der Waals surface area contributed by atoms with Crippen LogP contribution in [0.25, 0.3) is 0 Å². The Morgan fingerprint density at radius 2 is 2.12 bits per heavy atom. The molecule has 0 unspecified atom stereocenters. The van der Waals surface area contributed by atoms with Gasteiger partial charge in [0.05, 0.1) is 11.3 Å². The van der Waals surface area contributed by atoms with Crippen LogP contribution in [0, 0.1) is 0 Å². The lowest BCUT2D eigenvalue weighted by atomic mass is 10.3. The van der Waals surface area contributed by atoms with Crippen molar-refractivity contribution in [2.24, 2.45) is 0 Å². The number of aromatic nitrogens is 2. The molecule has 0 aliphatic rings. The fourth-order valence-corrected chi connectivity index (χ4v) is 1.19. The van der Waals surface area contributed by atoms with E-state index < -0.39 is 5.97 Å². The van der Waals surface area contributed by atoms with E-state index in [1.807, 2.05) is 12.1 Å². The maximum Gasteiger partial charge on any atom is 0.340 e. The minimum Gasteiger partial charge on any atom is -0.456 e. The summed E-state index contributed by atoms with van der Waals surface area (Å²) in [6, 6.07) is 8.81. The topological polar surface area (TPSA) is 52.1 Å². The molecule has 0 bridgehead atoms. The van der Waals surface area contributed by atoms with Crippen molar-refractivity contribution in [3.63, 3.8) is 0 Å². The van der Waals surface area contributed by atoms with Gasteiger partial charge in [0.1, 0.15) is 6.61 Å². The molecule has 0 aliphatic heterocycles. The van der Waals surface area contributed by atoms with Crippen molar-refractivity contribution in [2.45, 2.75) is 6.61 Å². The molecule has 0 N–H and O–H groups in total. The molecule has 2 heterocycles. The molecule has 16 heavy (non-hydrogen) atoms. The van der Waals surface area contributed by atoms with Crippen LogP contribution in [0.5, 0.6) is 0 Å². The number of hydrogen-bond donors (Lipinski definition) is 0. The van der Waals surface area contributed by atoms with E-state index in [1.54, 1.807) is 30.6 Å². The maximum absolute atomic E-state index is 11.5. The third-order valence-corrected chi connectivity index (χ3v) is 1.97. The molecular weight excluding hydrogens is 204 g/mol. The predicted molar refractivity (Wildman–Crippen MR) is 57.6 cm³/mol. The number of carbonyl (C=O) groups excluding carboxylic acids is 1. The van der Waals surface area contributed by atoms with Crippen LogP contribution in [0.3, 0.4) is 0 Å². The van der Waals surface area contributed by atoms with E-state index in [0.717, 1.165) is 5.69 Å². The number of ether oxygens (including phenoxy) is 1. The largest absolute Gasteiger partial charge is 0.456 e. The molecule has 0 saturated carbocycles. The molecule has 0 amide bonds. The summed E-state index contributed by atoms with van der Waals surface area (Å²) >= 11 is 0. The van der Waals surface area contributed by atoms with Crippen LogP contribution >= 0.6 is 0 Å². The molecule has 2 aromatic heterocycles. The number of hydrogen-bond acceptors (Lipinski definition) is 4. The summed E-state index contributed by atoms with van der Waals surface area (Å²) in [5.41, 5.74) is 1.16. The Morgan fingerprint density at radius 1 is 1.19 bits per heavy atom. The highest BCUT2D eigenvalue weighted by atomic mass is 16.5. The highest BCUT2D eigenvalue weighted by Gasteiger charge is 2.06. The van der Waals surface area contributed by atoms with Gasteiger partial charge in [0.15, 0.2) is 0 Å². The lowest BCUT2D eigenvalue weighted by molar-refractivity contribution is 0.0467. The highest BCUT2D eigenvalue weighted by Crippen LogP contribution is 2.02. The molecule has 0 atom stereocenters. The van der Waals surface area contributed by atoms with E-state index in [4.69, 9.17) is 4.74 Å². The zero-order valence-corrected chi connectivity index (χ0v) is 8.54. The summed E-state index contributed by atoms with van der Waals surface area (Å²) in [5.74, 6) is -0.390. The SMILES string of the molecule is O=C(OCc1ccccn1)c1cccnc1. The van der Waals surface area contributed by atoms with Gasteiger partial charge in [-0.15, -0.1) is 0 Å². The molecule has 2 aromatic rings. The van der Waals surface area contributed by atoms with Crippen molar-refractivity contribution < 1.29 is 9.53 Å². The van der Waals surface area contributed by atoms with Crippen molar-refractivity contribution in [3.05, 3.63) is 60.2 Å². The minimum absolute atomic E-state index is 0.175. The number of carbonyl (C=O) groups is 1. The Kier molecular flexibility index (Phi) is 3.23. The quantitative estimate of drug-likeness (QED) is 0.731. The molecular formula is C12H10N2O2. The lowest BCUT2D eigenvalue weighted by Gasteiger charge is -2.03. The lowest BCUT2D eigenvalue weighted by Crippen LogP contribution is -2.06. The van der Waals surface area contributed by atoms with Crippen LogP contribution in [-0.4, -0.2) is 15.9 Å². The van der Waals surface area contributed by atoms with Gasteiger partial charge in [-0.1, -0.05) is 6.07 Å². The van der Waals surface area contributed by atoms with Gasteiger partial charge in [-0.2, -0.15) is 0 Å². The second-order valence-electron chi connectivity index (χ2n) is 3.14. The van der Waals surface area contributed by atoms with Crippen LogP contribution in [0.1, 0.15) is 16.1 Å². The van der Waals surface area contributed by atoms with Crippen molar-refractivity contribution in [1.29, 1.82) is 0 Å². The van der Waals surface area contributed by atoms with Gasteiger partial charge in [-0.3, -0.25) is 9.97 Å². The van der Waals surface area contributed by atoms with Gasteiger partial charge >= 0.3 is 5.97 Å². The third kappa shape index (κ3) is 2.63. The number of esters is 1. The Morgan fingerprint density at radius 3 is 2.81 bits per heavy atom. The summed E-state index contributed by atoms with van der Waals surface area (Å²) in [6.45, 7) is 0.175. The molecule has 80 valence electrons. The smallest absolute Gasteiger partial charge is 0.340 e. The number of rotatable bonds is 3. The first-order chi connectivity index (χ1) is 7.86. The van der Waals surface area contributed by atoms with Crippen LogP contribution in [-0.2, 0) is 11.3 Å². The van der Waals surface area contributed by atoms with Gasteiger partial charge in [0.25, 0.3) is 0 Å². The molecule has 4 heteroatoms. The zero-order chi connectivity index (χ0) is 11.2. The molecule has 0 aliphatic carbocycles. The average molecular weight is 214 g/mol. The summed E-state index contributed by atoms with van der Waals surface area (Å²) in [6.07, 6.45) is 4.74. The highest BCUT2D eigenvalue weighted by molar-refractivity contribution is 5.88. The van der Waals surface area contributed by atoms with E-state index in [2.05, 4.69) is 9.97 Å². The van der Waals surface area contributed by atoms with Gasteiger partial charge in [-0.05, 0) is 24.3 Å². The van der Waals surface area contributed by atoms with Gasteiger partial charge in [-0.25, -0.2) is 4.79 Å². The van der Waals surface area contributed by atoms with E-state index in [1.165, 1.54) is 6.20 Å². The maximum atomic E-state index is 11.5. The van der Waals surface area contributed by atoms with E-state index in [-0.39, 0.29) is 6.61 Å². The fraction of sp³-hybridized carbons (Fsp3) is 0.0833. The van der Waals surface area contributed by atoms with E-state index in [0.29, 0.717) is 5.56 Å². The van der Waals surface area contributed by atoms with Gasteiger partial charge < -0.3 is 4.74 Å². The summed E-state index contributed by atoms with van der Waals surface area (Å²) in [5, 5.41) is 0. The van der Waals surface area contributed by atoms with Crippen molar-refractivity contribution in [2.75, 3.05) is 0 Å². The third-order valence-electron chi connectivity index (χ3n) is 1.97. The molecule has 0 spiro atoms. The first kappa shape index (κ1) is 10.3. The normalized spacial score (nSPS) is 9.75. The standard InChI is InChI=1S/C12H10N2O2/c15-12(10-4-3-6-13-8-10)16-9-11-5-1-2-7-14-11/h1-8H,9H2. The summed E-state index contributed by atoms with van der Waals surface area (Å²) in [4.78, 5) is 19.4. The first-order valence-corrected chi connectivity index (χ1v) is 4.83. The molecule has 0 aromatic carbocycles. The fourth-order valence-electron chi connectivity index (χ4n) is 1.19.